The van der Waals surface area contributed by atoms with Gasteiger partial charge in [-0.25, -0.2) is 8.78 Å². The maximum absolute atomic E-state index is 14.4. The molecule has 1 aliphatic rings. The molecule has 3 rings (SSSR count). The SMILES string of the molecule is CNC(c1ccc2c(c1)Cc1ccccc1-2)C(F)(F)C(F)(F)C(F)(F)C(F)F. The number of halogens is 8. The highest BCUT2D eigenvalue weighted by molar-refractivity contribution is 5.77. The molecule has 1 aliphatic carbocycles. The molecule has 1 N–H and O–H groups in total. The summed E-state index contributed by atoms with van der Waals surface area (Å²) in [6.45, 7) is 0. The zero-order valence-electron chi connectivity index (χ0n) is 14.4. The van der Waals surface area contributed by atoms with Gasteiger partial charge in [0, 0.05) is 0 Å². The number of nitrogens with one attached hydrogen (secondary N) is 1. The Balaban J connectivity index is 2.01. The van der Waals surface area contributed by atoms with Gasteiger partial charge in [0.05, 0.1) is 0 Å². The Morgan fingerprint density at radius 2 is 1.43 bits per heavy atom. The predicted molar refractivity (Wildman–Crippen MR) is 87.3 cm³/mol. The van der Waals surface area contributed by atoms with E-state index >= 15 is 0 Å². The first-order valence-electron chi connectivity index (χ1n) is 8.25. The van der Waals surface area contributed by atoms with Crippen molar-refractivity contribution in [1.82, 2.24) is 5.32 Å². The number of benzene rings is 2. The molecule has 2 aromatic carbocycles. The minimum atomic E-state index is -6.27. The van der Waals surface area contributed by atoms with Crippen LogP contribution in [0.1, 0.15) is 22.7 Å². The monoisotopic (exact) mass is 409 g/mol. The van der Waals surface area contributed by atoms with Gasteiger partial charge >= 0.3 is 24.2 Å². The lowest BCUT2D eigenvalue weighted by Gasteiger charge is -2.37. The average molecular weight is 409 g/mol. The molecular formula is C19H15F8N. The van der Waals surface area contributed by atoms with Crippen molar-refractivity contribution in [2.75, 3.05) is 7.05 Å². The topological polar surface area (TPSA) is 12.0 Å². The van der Waals surface area contributed by atoms with E-state index in [1.54, 1.807) is 12.1 Å². The normalized spacial score (nSPS) is 15.5. The van der Waals surface area contributed by atoms with Crippen LogP contribution in [0.4, 0.5) is 35.1 Å². The summed E-state index contributed by atoms with van der Waals surface area (Å²) in [7, 11) is 0.872. The van der Waals surface area contributed by atoms with Crippen molar-refractivity contribution in [3.63, 3.8) is 0 Å². The zero-order chi connectivity index (χ0) is 20.9. The number of fused-ring (bicyclic) bond motifs is 3. The van der Waals surface area contributed by atoms with Crippen LogP contribution < -0.4 is 5.32 Å². The van der Waals surface area contributed by atoms with Gasteiger partial charge in [0.15, 0.2) is 0 Å². The van der Waals surface area contributed by atoms with Gasteiger partial charge in [0.2, 0.25) is 0 Å². The molecule has 0 fully saturated rings. The molecule has 9 heteroatoms. The lowest BCUT2D eigenvalue weighted by Crippen LogP contribution is -2.61. The highest BCUT2D eigenvalue weighted by Gasteiger charge is 2.77. The maximum atomic E-state index is 14.4. The van der Waals surface area contributed by atoms with E-state index in [4.69, 9.17) is 0 Å². The fraction of sp³-hybridized carbons (Fsp3) is 0.368. The van der Waals surface area contributed by atoms with E-state index in [2.05, 4.69) is 0 Å². The van der Waals surface area contributed by atoms with Crippen molar-refractivity contribution in [1.29, 1.82) is 0 Å². The molecule has 1 nitrogen and oxygen atoms in total. The van der Waals surface area contributed by atoms with Crippen molar-refractivity contribution in [3.05, 3.63) is 59.2 Å². The maximum Gasteiger partial charge on any atom is 0.379 e. The Bertz CT molecular complexity index is 878. The number of hydrogen-bond acceptors (Lipinski definition) is 1. The first-order chi connectivity index (χ1) is 12.9. The van der Waals surface area contributed by atoms with Gasteiger partial charge < -0.3 is 5.32 Å². The molecule has 0 aromatic heterocycles. The second-order valence-corrected chi connectivity index (χ2v) is 6.59. The van der Waals surface area contributed by atoms with Gasteiger partial charge in [-0.3, -0.25) is 0 Å². The molecule has 0 heterocycles. The van der Waals surface area contributed by atoms with Gasteiger partial charge in [-0.1, -0.05) is 42.5 Å². The second-order valence-electron chi connectivity index (χ2n) is 6.59. The van der Waals surface area contributed by atoms with E-state index in [0.717, 1.165) is 24.2 Å². The summed E-state index contributed by atoms with van der Waals surface area (Å²) in [6.07, 6.45) is -4.59. The molecule has 0 bridgehead atoms. The summed E-state index contributed by atoms with van der Waals surface area (Å²) in [5.41, 5.74) is 2.62. The smallest absolute Gasteiger partial charge is 0.308 e. The third-order valence-corrected chi connectivity index (χ3v) is 4.91. The summed E-state index contributed by atoms with van der Waals surface area (Å²) in [5.74, 6) is -18.0. The standard InChI is InChI=1S/C19H15F8N/c1-28-15(17(22,23)19(26,27)18(24,25)16(20)21)11-6-7-14-12(9-11)8-10-4-2-3-5-13(10)14/h2-7,9,15-16,28H,8H2,1H3. The molecule has 0 aliphatic heterocycles. The van der Waals surface area contributed by atoms with Crippen LogP contribution in [0.2, 0.25) is 0 Å². The van der Waals surface area contributed by atoms with Gasteiger partial charge in [-0.05, 0) is 41.3 Å². The summed E-state index contributed by atoms with van der Waals surface area (Å²) >= 11 is 0. The number of rotatable bonds is 6. The summed E-state index contributed by atoms with van der Waals surface area (Å²) in [6, 6.07) is 8.33. The third-order valence-electron chi connectivity index (χ3n) is 4.91. The molecule has 1 atom stereocenters. The van der Waals surface area contributed by atoms with Crippen LogP contribution in [0.15, 0.2) is 42.5 Å². The Hall–Kier alpha value is -2.16. The summed E-state index contributed by atoms with van der Waals surface area (Å²) in [5, 5.41) is 1.88. The van der Waals surface area contributed by atoms with Crippen LogP contribution in [-0.2, 0) is 6.42 Å². The fourth-order valence-corrected chi connectivity index (χ4v) is 3.44. The number of alkyl halides is 8. The fourth-order valence-electron chi connectivity index (χ4n) is 3.44. The van der Waals surface area contributed by atoms with Crippen molar-refractivity contribution in [3.8, 4) is 11.1 Å². The molecule has 2 aromatic rings. The Morgan fingerprint density at radius 1 is 0.821 bits per heavy atom. The summed E-state index contributed by atoms with van der Waals surface area (Å²) < 4.78 is 108. The number of hydrogen-bond donors (Lipinski definition) is 1. The Labute approximate surface area is 155 Å². The highest BCUT2D eigenvalue weighted by Crippen LogP contribution is 2.53. The summed E-state index contributed by atoms with van der Waals surface area (Å²) in [4.78, 5) is 0. The van der Waals surface area contributed by atoms with Crippen LogP contribution >= 0.6 is 0 Å². The minimum Gasteiger partial charge on any atom is -0.308 e. The molecule has 0 saturated carbocycles. The van der Waals surface area contributed by atoms with E-state index in [-0.39, 0.29) is 0 Å². The van der Waals surface area contributed by atoms with Crippen LogP contribution in [0, 0.1) is 0 Å². The second kappa shape index (κ2) is 6.72. The lowest BCUT2D eigenvalue weighted by atomic mass is 9.90. The molecule has 1 unspecified atom stereocenters. The molecule has 28 heavy (non-hydrogen) atoms. The van der Waals surface area contributed by atoms with E-state index in [0.29, 0.717) is 17.5 Å². The quantitative estimate of drug-likeness (QED) is 0.516. The minimum absolute atomic E-state index is 0.352. The zero-order valence-corrected chi connectivity index (χ0v) is 14.4. The first kappa shape index (κ1) is 20.6. The molecule has 152 valence electrons. The van der Waals surface area contributed by atoms with Crippen molar-refractivity contribution < 1.29 is 35.1 Å². The molecular weight excluding hydrogens is 394 g/mol. The lowest BCUT2D eigenvalue weighted by molar-refractivity contribution is -0.345. The van der Waals surface area contributed by atoms with Gasteiger partial charge in [-0.15, -0.1) is 0 Å². The average Bonchev–Trinajstić information content (AvgIpc) is 2.99. The van der Waals surface area contributed by atoms with Crippen LogP contribution in [0.3, 0.4) is 0 Å². The molecule has 0 amide bonds. The van der Waals surface area contributed by atoms with E-state index < -0.39 is 35.8 Å². The molecule has 0 saturated heterocycles. The van der Waals surface area contributed by atoms with Crippen LogP contribution in [-0.4, -0.2) is 31.2 Å². The molecule has 0 radical (unpaired) electrons. The Morgan fingerprint density at radius 3 is 2.04 bits per heavy atom. The van der Waals surface area contributed by atoms with E-state index in [1.165, 1.54) is 12.1 Å². The van der Waals surface area contributed by atoms with Gasteiger partial charge in [-0.2, -0.15) is 26.3 Å². The third kappa shape index (κ3) is 2.87. The van der Waals surface area contributed by atoms with Crippen molar-refractivity contribution in [2.45, 2.75) is 36.7 Å². The van der Waals surface area contributed by atoms with Gasteiger partial charge in [0.1, 0.15) is 6.04 Å². The van der Waals surface area contributed by atoms with Crippen LogP contribution in [0.5, 0.6) is 0 Å². The van der Waals surface area contributed by atoms with E-state index in [9.17, 15) is 35.1 Å². The van der Waals surface area contributed by atoms with E-state index in [1.807, 2.05) is 17.4 Å². The Kier molecular flexibility index (Phi) is 4.94. The predicted octanol–water partition coefficient (Wildman–Crippen LogP) is 5.69. The molecule has 0 spiro atoms. The van der Waals surface area contributed by atoms with Crippen molar-refractivity contribution >= 4 is 0 Å². The highest BCUT2D eigenvalue weighted by atomic mass is 19.4. The van der Waals surface area contributed by atoms with Gasteiger partial charge in [0.25, 0.3) is 0 Å². The van der Waals surface area contributed by atoms with Crippen LogP contribution in [0.25, 0.3) is 11.1 Å². The van der Waals surface area contributed by atoms with Crippen molar-refractivity contribution in [2.24, 2.45) is 0 Å². The first-order valence-corrected chi connectivity index (χ1v) is 8.25. The largest absolute Gasteiger partial charge is 0.379 e.